The van der Waals surface area contributed by atoms with Crippen molar-refractivity contribution in [2.75, 3.05) is 46.0 Å². The molecule has 11 nitrogen and oxygen atoms in total. The molecule has 11 heteroatoms. The molecule has 0 aromatic heterocycles. The Morgan fingerprint density at radius 3 is 2.05 bits per heavy atom. The van der Waals surface area contributed by atoms with Crippen molar-refractivity contribution >= 4 is 29.4 Å². The van der Waals surface area contributed by atoms with Gasteiger partial charge in [-0.05, 0) is 80.1 Å². The molecule has 2 aromatic rings. The van der Waals surface area contributed by atoms with Crippen molar-refractivity contribution < 1.29 is 33.6 Å². The van der Waals surface area contributed by atoms with Crippen LogP contribution in [-0.2, 0) is 0 Å². The number of nitrogens with zero attached hydrogens (tertiary/aromatic N) is 4. The van der Waals surface area contributed by atoms with Gasteiger partial charge in [0.1, 0.15) is 0 Å². The molecule has 4 aliphatic rings. The van der Waals surface area contributed by atoms with E-state index in [4.69, 9.17) is 23.9 Å². The van der Waals surface area contributed by atoms with Crippen LogP contribution in [0, 0.1) is 10.8 Å². The van der Waals surface area contributed by atoms with Crippen molar-refractivity contribution in [1.29, 1.82) is 0 Å². The number of hydrogen-bond donors (Lipinski definition) is 1. The molecule has 1 N–H and O–H groups in total. The van der Waals surface area contributed by atoms with E-state index >= 15 is 0 Å². The third-order valence-corrected chi connectivity index (χ3v) is 11.5. The van der Waals surface area contributed by atoms with E-state index in [2.05, 4.69) is 27.7 Å². The van der Waals surface area contributed by atoms with E-state index in [9.17, 15) is 14.7 Å². The fraction of sp³-hybridized carbons (Fsp3) is 0.489. The molecule has 4 aliphatic heterocycles. The van der Waals surface area contributed by atoms with Gasteiger partial charge in [0.15, 0.2) is 23.0 Å². The molecule has 4 heterocycles. The standard InChI is InChI=1S/C45H58N4O7/c1-10-12-29-18-31-24-46-34-22-40(38(53-8)20-32(34)42(51)48(31)25-29)56-28-45(5,6)15-14-44(3,4)16-17-55-41-23-35-33(21-39(41)54-9)43(52)49-26-30(13-11-2)19-36(49)37(27-50)47(35)7/h10-13,20-26,31,36-37,50H,14-19,27-28H2,1-9H3/b12-10+,13-11+. The quantitative estimate of drug-likeness (QED) is 0.193. The first-order chi connectivity index (χ1) is 26.7. The summed E-state index contributed by atoms with van der Waals surface area (Å²) in [4.78, 5) is 37.6. The number of likely N-dealkylation sites (N-methyl/N-ethyl adjacent to an activating group) is 1. The Bertz CT molecular complexity index is 1980. The summed E-state index contributed by atoms with van der Waals surface area (Å²) in [7, 11) is 5.10. The minimum absolute atomic E-state index is 0.0435. The van der Waals surface area contributed by atoms with Gasteiger partial charge in [-0.25, -0.2) is 0 Å². The first-order valence-corrected chi connectivity index (χ1v) is 19.6. The van der Waals surface area contributed by atoms with Crippen LogP contribution in [0.25, 0.3) is 0 Å². The molecular formula is C45H58N4O7. The zero-order valence-electron chi connectivity index (χ0n) is 34.4. The molecule has 0 radical (unpaired) electrons. The summed E-state index contributed by atoms with van der Waals surface area (Å²) < 4.78 is 24.2. The second kappa shape index (κ2) is 16.6. The lowest BCUT2D eigenvalue weighted by Crippen LogP contribution is -2.48. The molecule has 3 unspecified atom stereocenters. The van der Waals surface area contributed by atoms with Crippen LogP contribution < -0.4 is 23.8 Å². The summed E-state index contributed by atoms with van der Waals surface area (Å²) in [6.45, 7) is 13.6. The normalized spacial score (nSPS) is 20.8. The lowest BCUT2D eigenvalue weighted by Gasteiger charge is -2.34. The lowest BCUT2D eigenvalue weighted by atomic mass is 9.78. The summed E-state index contributed by atoms with van der Waals surface area (Å²) in [5, 5.41) is 10.5. The van der Waals surface area contributed by atoms with E-state index in [1.165, 1.54) is 0 Å². The minimum Gasteiger partial charge on any atom is -0.493 e. The number of hydrogen-bond acceptors (Lipinski definition) is 9. The highest BCUT2D eigenvalue weighted by atomic mass is 16.5. The molecule has 2 aromatic carbocycles. The van der Waals surface area contributed by atoms with Gasteiger partial charge in [-0.15, -0.1) is 0 Å². The molecule has 56 heavy (non-hydrogen) atoms. The summed E-state index contributed by atoms with van der Waals surface area (Å²) in [5.41, 5.74) is 4.24. The van der Waals surface area contributed by atoms with Crippen molar-refractivity contribution in [1.82, 2.24) is 9.80 Å². The number of amides is 2. The molecule has 0 spiro atoms. The molecule has 2 amide bonds. The van der Waals surface area contributed by atoms with Crippen LogP contribution in [0.2, 0.25) is 0 Å². The number of fused-ring (bicyclic) bond motifs is 4. The van der Waals surface area contributed by atoms with Gasteiger partial charge in [0.05, 0.1) is 74.7 Å². The molecule has 300 valence electrons. The van der Waals surface area contributed by atoms with Crippen LogP contribution in [0.3, 0.4) is 0 Å². The maximum atomic E-state index is 13.9. The largest absolute Gasteiger partial charge is 0.493 e. The Balaban J connectivity index is 1.07. The fourth-order valence-electron chi connectivity index (χ4n) is 7.94. The number of aliphatic imine (C=N–C) groups is 1. The number of allylic oxidation sites excluding steroid dienone is 4. The number of benzene rings is 2. The van der Waals surface area contributed by atoms with Crippen LogP contribution in [0.1, 0.15) is 94.4 Å². The van der Waals surface area contributed by atoms with Crippen LogP contribution in [0.4, 0.5) is 11.4 Å². The van der Waals surface area contributed by atoms with E-state index < -0.39 is 0 Å². The molecular weight excluding hydrogens is 709 g/mol. The van der Waals surface area contributed by atoms with E-state index in [-0.39, 0.29) is 47.4 Å². The number of aliphatic hydroxyl groups is 1. The first-order valence-electron chi connectivity index (χ1n) is 19.6. The van der Waals surface area contributed by atoms with E-state index in [1.807, 2.05) is 80.8 Å². The Morgan fingerprint density at radius 2 is 1.39 bits per heavy atom. The zero-order valence-corrected chi connectivity index (χ0v) is 34.4. The average Bonchev–Trinajstić information content (AvgIpc) is 3.74. The van der Waals surface area contributed by atoms with Gasteiger partial charge in [0.2, 0.25) is 0 Å². The van der Waals surface area contributed by atoms with E-state index in [0.717, 1.165) is 36.8 Å². The Morgan fingerprint density at radius 1 is 0.786 bits per heavy atom. The second-order valence-corrected chi connectivity index (χ2v) is 16.8. The number of carbonyl (C=O) groups is 2. The third-order valence-electron chi connectivity index (χ3n) is 11.5. The SMILES string of the molecule is C/C=C/C1=CN2C(=O)c3cc(OC)c(OCC(C)(C)CCC(C)(C)CCOc4cc5c(cc4OC)C(=O)N4C=C(/C=C/C)CC4C(CO)N5C)cc3N=CC2C1. The molecule has 0 saturated heterocycles. The summed E-state index contributed by atoms with van der Waals surface area (Å²) >= 11 is 0. The maximum Gasteiger partial charge on any atom is 0.260 e. The Kier molecular flexibility index (Phi) is 12.0. The molecule has 6 rings (SSSR count). The molecule has 3 atom stereocenters. The van der Waals surface area contributed by atoms with Crippen molar-refractivity contribution in [3.8, 4) is 23.0 Å². The Hall–Kier alpha value is -5.03. The third kappa shape index (κ3) is 8.38. The summed E-state index contributed by atoms with van der Waals surface area (Å²) in [5.74, 6) is 1.90. The fourth-order valence-corrected chi connectivity index (χ4v) is 7.94. The highest BCUT2D eigenvalue weighted by molar-refractivity contribution is 6.04. The maximum absolute atomic E-state index is 13.9. The van der Waals surface area contributed by atoms with E-state index in [0.29, 0.717) is 65.1 Å². The van der Waals surface area contributed by atoms with Crippen LogP contribution in [0.15, 0.2) is 77.1 Å². The van der Waals surface area contributed by atoms with Gasteiger partial charge >= 0.3 is 0 Å². The topological polar surface area (TPSA) is 113 Å². The number of aliphatic hydroxyl groups excluding tert-OH is 1. The first kappa shape index (κ1) is 40.6. The molecule has 0 bridgehead atoms. The van der Waals surface area contributed by atoms with Crippen LogP contribution >= 0.6 is 0 Å². The molecule has 0 saturated carbocycles. The molecule has 0 aliphatic carbocycles. The number of anilines is 1. The summed E-state index contributed by atoms with van der Waals surface area (Å²) in [6, 6.07) is 6.61. The average molecular weight is 767 g/mol. The zero-order chi connectivity index (χ0) is 40.4. The van der Waals surface area contributed by atoms with Crippen molar-refractivity contribution in [3.63, 3.8) is 0 Å². The molecule has 0 fully saturated rings. The van der Waals surface area contributed by atoms with Gasteiger partial charge in [-0.2, -0.15) is 0 Å². The van der Waals surface area contributed by atoms with Gasteiger partial charge in [-0.3, -0.25) is 14.6 Å². The van der Waals surface area contributed by atoms with Crippen molar-refractivity contribution in [2.24, 2.45) is 15.8 Å². The van der Waals surface area contributed by atoms with Crippen LogP contribution in [-0.4, -0.2) is 92.1 Å². The van der Waals surface area contributed by atoms with Gasteiger partial charge in [-0.1, -0.05) is 52.0 Å². The van der Waals surface area contributed by atoms with E-state index in [1.54, 1.807) is 36.2 Å². The predicted molar refractivity (Wildman–Crippen MR) is 221 cm³/mol. The smallest absolute Gasteiger partial charge is 0.260 e. The van der Waals surface area contributed by atoms with Gasteiger partial charge in [0, 0.05) is 37.8 Å². The highest BCUT2D eigenvalue weighted by Gasteiger charge is 2.42. The number of methoxy groups -OCH3 is 2. The van der Waals surface area contributed by atoms with Gasteiger partial charge in [0.25, 0.3) is 11.8 Å². The predicted octanol–water partition coefficient (Wildman–Crippen LogP) is 8.26. The number of ether oxygens (including phenoxy) is 4. The Labute approximate surface area is 331 Å². The summed E-state index contributed by atoms with van der Waals surface area (Å²) in [6.07, 6.45) is 17.7. The lowest BCUT2D eigenvalue weighted by molar-refractivity contribution is 0.0758. The number of rotatable bonds is 15. The second-order valence-electron chi connectivity index (χ2n) is 16.8. The monoisotopic (exact) mass is 766 g/mol. The highest BCUT2D eigenvalue weighted by Crippen LogP contribution is 2.43. The van der Waals surface area contributed by atoms with Gasteiger partial charge < -0.3 is 38.8 Å². The minimum atomic E-state index is -0.283. The number of carbonyl (C=O) groups excluding carboxylic acids is 2. The van der Waals surface area contributed by atoms with Crippen molar-refractivity contribution in [2.45, 2.75) is 91.8 Å². The van der Waals surface area contributed by atoms with Crippen LogP contribution in [0.5, 0.6) is 23.0 Å². The van der Waals surface area contributed by atoms with Crippen molar-refractivity contribution in [3.05, 3.63) is 83.2 Å².